The monoisotopic (exact) mass is 1080 g/mol. The first kappa shape index (κ1) is 64.4. The van der Waals surface area contributed by atoms with Gasteiger partial charge >= 0.3 is 5.97 Å². The third-order valence-corrected chi connectivity index (χ3v) is 17.1. The number of allylic oxidation sites excluding steroid dienone is 6. The number of cyclic esters (lactones) is 1. The molecule has 77 heavy (non-hydrogen) atoms. The lowest BCUT2D eigenvalue weighted by Gasteiger charge is -2.42. The molecule has 1 aliphatic carbocycles. The molecule has 0 aromatic carbocycles. The molecule has 1 saturated carbocycles. The van der Waals surface area contributed by atoms with Gasteiger partial charge in [-0.05, 0) is 127 Å². The van der Waals surface area contributed by atoms with Crippen molar-refractivity contribution in [2.75, 3.05) is 61.2 Å². The molecular formula is C61H98N2O14. The minimum Gasteiger partial charge on any atom is -0.460 e. The molecule has 0 radical (unpaired) electrons. The van der Waals surface area contributed by atoms with Crippen LogP contribution in [0.15, 0.2) is 47.6 Å². The van der Waals surface area contributed by atoms with E-state index in [4.69, 9.17) is 37.9 Å². The lowest BCUT2D eigenvalue weighted by molar-refractivity contribution is -0.265. The van der Waals surface area contributed by atoms with E-state index in [1.165, 1.54) is 19.1 Å². The van der Waals surface area contributed by atoms with Crippen molar-refractivity contribution in [2.24, 2.45) is 35.5 Å². The van der Waals surface area contributed by atoms with Gasteiger partial charge in [0.1, 0.15) is 30.1 Å². The molecule has 0 spiro atoms. The summed E-state index contributed by atoms with van der Waals surface area (Å²) in [4.78, 5) is 75.8. The number of ketones is 3. The molecule has 2 bridgehead atoms. The second-order valence-corrected chi connectivity index (χ2v) is 23.5. The summed E-state index contributed by atoms with van der Waals surface area (Å²) < 4.78 is 48.7. The van der Waals surface area contributed by atoms with Gasteiger partial charge in [-0.3, -0.25) is 24.1 Å². The number of fused-ring (bicyclic) bond motifs is 3. The van der Waals surface area contributed by atoms with Crippen LogP contribution in [0.25, 0.3) is 0 Å². The smallest absolute Gasteiger partial charge is 0.329 e. The van der Waals surface area contributed by atoms with Crippen LogP contribution in [-0.2, 0) is 61.9 Å². The summed E-state index contributed by atoms with van der Waals surface area (Å²) in [6, 6.07) is -1.12. The Balaban J connectivity index is 1.41. The van der Waals surface area contributed by atoms with Gasteiger partial charge in [0.25, 0.3) is 11.7 Å². The predicted octanol–water partition coefficient (Wildman–Crippen LogP) is 8.36. The lowest BCUT2D eigenvalue weighted by Crippen LogP contribution is -2.61. The topological polar surface area (TPSA) is 186 Å². The van der Waals surface area contributed by atoms with Crippen molar-refractivity contribution < 1.29 is 67.0 Å². The van der Waals surface area contributed by atoms with E-state index in [1.807, 2.05) is 58.1 Å². The standard InChI is InChI=1S/C61H98N2O14/c1-38-20-15-14-16-21-39(2)52(70-10)34-48-25-23-44(7)61(69,77-48)58(66)59(67)63-28-18-17-22-49(63)60(68)76-53(35-50(64)40(3)31-43(6)56(72-12)57(73-13)55(65)42(5)30-38)41(4)32-47-24-26-51(54(33-47)71-11)74-29-19-27-62-36-45(8)75-46(9)37-62/h14-16,20-21,31,38,40-42,44-49,51-54,56-57,69H,17-19,22-30,32-37H2,1-13H3/b16-14?,20-15+,39-21?,43-31+/t38-,40-,41-,42-,44-,45-,46+,47+,48+,49+,51-,52+,53+,54-,56-,57+,61-/m1/s1. The van der Waals surface area contributed by atoms with Crippen LogP contribution < -0.4 is 0 Å². The summed E-state index contributed by atoms with van der Waals surface area (Å²) >= 11 is 0. The Hall–Kier alpha value is -3.45. The predicted molar refractivity (Wildman–Crippen MR) is 295 cm³/mol. The molecule has 5 rings (SSSR count). The Morgan fingerprint density at radius 1 is 0.779 bits per heavy atom. The number of Topliss-reactive ketones (excluding diaryl/α,β-unsaturated/α-hetero) is 3. The largest absolute Gasteiger partial charge is 0.460 e. The maximum Gasteiger partial charge on any atom is 0.329 e. The van der Waals surface area contributed by atoms with Gasteiger partial charge < -0.3 is 47.9 Å². The highest BCUT2D eigenvalue weighted by Crippen LogP contribution is 2.38. The quantitative estimate of drug-likeness (QED) is 0.0850. The van der Waals surface area contributed by atoms with Gasteiger partial charge in [0.15, 0.2) is 5.78 Å². The number of hydrogen-bond donors (Lipinski definition) is 1. The number of amides is 1. The summed E-state index contributed by atoms with van der Waals surface area (Å²) in [5.41, 5.74) is 1.55. The van der Waals surface area contributed by atoms with Gasteiger partial charge in [0.05, 0.1) is 36.6 Å². The number of esters is 1. The van der Waals surface area contributed by atoms with E-state index in [2.05, 4.69) is 25.7 Å². The number of morpholine rings is 1. The summed E-state index contributed by atoms with van der Waals surface area (Å²) in [5.74, 6) is -7.30. The second-order valence-electron chi connectivity index (χ2n) is 23.5. The average molecular weight is 1080 g/mol. The van der Waals surface area contributed by atoms with Gasteiger partial charge in [0, 0.05) is 91.8 Å². The normalized spacial score (nSPS) is 38.3. The van der Waals surface area contributed by atoms with E-state index in [0.717, 1.165) is 50.9 Å². The number of rotatable bonds is 12. The third-order valence-electron chi connectivity index (χ3n) is 17.1. The third kappa shape index (κ3) is 18.0. The molecule has 17 atom stereocenters. The Labute approximate surface area is 461 Å². The Bertz CT molecular complexity index is 2050. The van der Waals surface area contributed by atoms with Crippen LogP contribution in [0.5, 0.6) is 0 Å². The van der Waals surface area contributed by atoms with Crippen molar-refractivity contribution >= 4 is 29.2 Å². The fraction of sp³-hybridized carbons (Fsp3) is 0.787. The SMILES string of the molecule is CO[C@H]1C[C@@H]2CC[C@@H](C)[C@@](O)(O2)C(=O)C(=O)N2CCCC[C@H]2C(=O)O[C@H]([C@H](C)C[C@@H]2CC[C@@H](OCCCN3C[C@@H](C)O[C@@H](C)C3)[C@H](OC)C2)CC(=O)[C@H](C)/C=C(\C)[C@@H](OC)[C@@H](OC)C(=O)[C@H](C)C[C@H](C)/C=C/C=CC=C1C. The van der Waals surface area contributed by atoms with Crippen molar-refractivity contribution in [2.45, 2.75) is 213 Å². The average Bonchev–Trinajstić information content (AvgIpc) is 3.41. The second kappa shape index (κ2) is 30.9. The summed E-state index contributed by atoms with van der Waals surface area (Å²) in [6.07, 6.45) is 15.3. The van der Waals surface area contributed by atoms with E-state index in [0.29, 0.717) is 57.1 Å². The van der Waals surface area contributed by atoms with Crippen LogP contribution in [-0.4, -0.2) is 172 Å². The van der Waals surface area contributed by atoms with Crippen LogP contribution in [0.4, 0.5) is 0 Å². The van der Waals surface area contributed by atoms with Crippen LogP contribution in [0, 0.1) is 35.5 Å². The number of nitrogens with zero attached hydrogens (tertiary/aromatic N) is 2. The fourth-order valence-corrected chi connectivity index (χ4v) is 12.6. The summed E-state index contributed by atoms with van der Waals surface area (Å²) in [7, 11) is 6.33. The summed E-state index contributed by atoms with van der Waals surface area (Å²) in [6.45, 7) is 20.9. The summed E-state index contributed by atoms with van der Waals surface area (Å²) in [5, 5.41) is 12.1. The van der Waals surface area contributed by atoms with Crippen LogP contribution in [0.1, 0.15) is 146 Å². The van der Waals surface area contributed by atoms with Gasteiger partial charge in [-0.25, -0.2) is 4.79 Å². The lowest BCUT2D eigenvalue weighted by atomic mass is 9.78. The van der Waals surface area contributed by atoms with Gasteiger partial charge in [-0.2, -0.15) is 0 Å². The van der Waals surface area contributed by atoms with Crippen molar-refractivity contribution in [3.8, 4) is 0 Å². The maximum absolute atomic E-state index is 14.7. The zero-order valence-electron chi connectivity index (χ0n) is 49.1. The van der Waals surface area contributed by atoms with Crippen molar-refractivity contribution in [1.29, 1.82) is 0 Å². The van der Waals surface area contributed by atoms with Crippen LogP contribution in [0.3, 0.4) is 0 Å². The van der Waals surface area contributed by atoms with E-state index >= 15 is 0 Å². The number of piperidine rings is 1. The highest BCUT2D eigenvalue weighted by atomic mass is 16.6. The molecular weight excluding hydrogens is 985 g/mol. The van der Waals surface area contributed by atoms with Gasteiger partial charge in [-0.15, -0.1) is 0 Å². The molecule has 0 aromatic heterocycles. The molecule has 4 aliphatic heterocycles. The number of ether oxygens (including phenoxy) is 8. The molecule has 5 aliphatic rings. The minimum atomic E-state index is -2.42. The first-order chi connectivity index (χ1) is 36.6. The first-order valence-electron chi connectivity index (χ1n) is 29.0. The Morgan fingerprint density at radius 2 is 1.49 bits per heavy atom. The van der Waals surface area contributed by atoms with Gasteiger partial charge in [-0.1, -0.05) is 71.1 Å². The maximum atomic E-state index is 14.7. The van der Waals surface area contributed by atoms with Gasteiger partial charge in [0.2, 0.25) is 5.79 Å². The zero-order chi connectivity index (χ0) is 56.6. The van der Waals surface area contributed by atoms with Crippen molar-refractivity contribution in [3.63, 3.8) is 0 Å². The molecule has 0 aromatic rings. The number of carbonyl (C=O) groups is 5. The Morgan fingerprint density at radius 3 is 2.17 bits per heavy atom. The number of methoxy groups -OCH3 is 4. The highest BCUT2D eigenvalue weighted by molar-refractivity contribution is 6.39. The molecule has 16 nitrogen and oxygen atoms in total. The van der Waals surface area contributed by atoms with E-state index in [-0.39, 0.29) is 79.0 Å². The highest BCUT2D eigenvalue weighted by Gasteiger charge is 2.53. The molecule has 4 fully saturated rings. The van der Waals surface area contributed by atoms with Crippen LogP contribution >= 0.6 is 0 Å². The van der Waals surface area contributed by atoms with E-state index in [1.54, 1.807) is 34.1 Å². The number of aliphatic hydroxyl groups is 1. The van der Waals surface area contributed by atoms with Crippen molar-refractivity contribution in [1.82, 2.24) is 9.80 Å². The minimum absolute atomic E-state index is 0.0535. The van der Waals surface area contributed by atoms with E-state index < -0.39 is 71.8 Å². The molecule has 16 heteroatoms. The zero-order valence-corrected chi connectivity index (χ0v) is 49.1. The van der Waals surface area contributed by atoms with Crippen LogP contribution in [0.2, 0.25) is 0 Å². The molecule has 1 amide bonds. The molecule has 1 N–H and O–H groups in total. The van der Waals surface area contributed by atoms with E-state index in [9.17, 15) is 29.1 Å². The Kier molecular flexibility index (Phi) is 25.9. The molecule has 0 unspecified atom stereocenters. The fourth-order valence-electron chi connectivity index (χ4n) is 12.6. The number of carbonyl (C=O) groups excluding carboxylic acids is 5. The first-order valence-corrected chi connectivity index (χ1v) is 29.0. The molecule has 436 valence electrons. The number of hydrogen-bond acceptors (Lipinski definition) is 15. The van der Waals surface area contributed by atoms with Crippen molar-refractivity contribution in [3.05, 3.63) is 47.6 Å². The molecule has 3 saturated heterocycles. The molecule has 4 heterocycles.